The molecular formula is C10H12O6. The van der Waals surface area contributed by atoms with Crippen LogP contribution in [0.1, 0.15) is 0 Å². The summed E-state index contributed by atoms with van der Waals surface area (Å²) < 4.78 is 19.2. The Kier molecular flexibility index (Phi) is 3.53. The molecule has 0 spiro atoms. The lowest BCUT2D eigenvalue weighted by Crippen LogP contribution is -2.10. The van der Waals surface area contributed by atoms with Gasteiger partial charge < -0.3 is 18.9 Å². The predicted octanol–water partition coefficient (Wildman–Crippen LogP) is -0.573. The van der Waals surface area contributed by atoms with Crippen molar-refractivity contribution >= 4 is 11.9 Å². The highest BCUT2D eigenvalue weighted by molar-refractivity contribution is 5.91. The smallest absolute Gasteiger partial charge is 0.331 e. The molecule has 0 aromatic carbocycles. The van der Waals surface area contributed by atoms with Gasteiger partial charge in [-0.15, -0.1) is 0 Å². The zero-order valence-electron chi connectivity index (χ0n) is 8.59. The summed E-state index contributed by atoms with van der Waals surface area (Å²) in [5.41, 5.74) is 0. The summed E-state index contributed by atoms with van der Waals surface area (Å²) in [4.78, 5) is 22.1. The molecule has 0 aromatic heterocycles. The van der Waals surface area contributed by atoms with Crippen LogP contribution in [0.3, 0.4) is 0 Å². The molecule has 2 saturated heterocycles. The van der Waals surface area contributed by atoms with E-state index < -0.39 is 11.9 Å². The fraction of sp³-hybridized carbons (Fsp3) is 0.600. The third kappa shape index (κ3) is 4.41. The lowest BCUT2D eigenvalue weighted by atomic mass is 10.4. The SMILES string of the molecule is O=C(C=CC(=O)OCC1CO1)OCC1CO1. The van der Waals surface area contributed by atoms with Crippen molar-refractivity contribution < 1.29 is 28.5 Å². The molecule has 2 fully saturated rings. The molecule has 16 heavy (non-hydrogen) atoms. The number of rotatable bonds is 6. The zero-order chi connectivity index (χ0) is 11.4. The van der Waals surface area contributed by atoms with Crippen LogP contribution in [0.2, 0.25) is 0 Å². The fourth-order valence-corrected chi connectivity index (χ4v) is 0.911. The van der Waals surface area contributed by atoms with Gasteiger partial charge in [0.05, 0.1) is 13.2 Å². The maximum Gasteiger partial charge on any atom is 0.331 e. The maximum absolute atomic E-state index is 11.0. The van der Waals surface area contributed by atoms with Crippen LogP contribution in [0.15, 0.2) is 12.2 Å². The number of epoxide rings is 2. The van der Waals surface area contributed by atoms with Crippen LogP contribution < -0.4 is 0 Å². The topological polar surface area (TPSA) is 77.7 Å². The summed E-state index contributed by atoms with van der Waals surface area (Å²) in [6.45, 7) is 1.71. The summed E-state index contributed by atoms with van der Waals surface area (Å²) in [6, 6.07) is 0. The second kappa shape index (κ2) is 5.09. The number of ether oxygens (including phenoxy) is 4. The highest BCUT2D eigenvalue weighted by Gasteiger charge is 2.24. The third-order valence-corrected chi connectivity index (χ3v) is 1.98. The first-order valence-corrected chi connectivity index (χ1v) is 4.99. The van der Waals surface area contributed by atoms with Crippen molar-refractivity contribution in [3.63, 3.8) is 0 Å². The fourth-order valence-electron chi connectivity index (χ4n) is 0.911. The van der Waals surface area contributed by atoms with E-state index in [0.29, 0.717) is 13.2 Å². The molecule has 2 aliphatic heterocycles. The highest BCUT2D eigenvalue weighted by Crippen LogP contribution is 2.09. The van der Waals surface area contributed by atoms with Crippen LogP contribution in [-0.4, -0.2) is 50.6 Å². The standard InChI is InChI=1S/C10H12O6/c11-9(15-5-7-3-13-7)1-2-10(12)16-6-8-4-14-8/h1-2,7-8H,3-6H2. The van der Waals surface area contributed by atoms with Gasteiger partial charge in [-0.25, -0.2) is 9.59 Å². The van der Waals surface area contributed by atoms with E-state index in [-0.39, 0.29) is 25.4 Å². The molecule has 2 aliphatic rings. The van der Waals surface area contributed by atoms with Crippen LogP contribution in [0.5, 0.6) is 0 Å². The van der Waals surface area contributed by atoms with Gasteiger partial charge in [-0.2, -0.15) is 0 Å². The Morgan fingerprint density at radius 3 is 1.69 bits per heavy atom. The Balaban J connectivity index is 1.57. The minimum atomic E-state index is -0.574. The van der Waals surface area contributed by atoms with Crippen molar-refractivity contribution in [3.8, 4) is 0 Å². The van der Waals surface area contributed by atoms with Gasteiger partial charge in [-0.3, -0.25) is 0 Å². The molecule has 0 bridgehead atoms. The minimum Gasteiger partial charge on any atom is -0.460 e. The van der Waals surface area contributed by atoms with Gasteiger partial charge >= 0.3 is 11.9 Å². The van der Waals surface area contributed by atoms with Gasteiger partial charge in [0.25, 0.3) is 0 Å². The van der Waals surface area contributed by atoms with E-state index in [2.05, 4.69) is 0 Å². The minimum absolute atomic E-state index is 0.0244. The summed E-state index contributed by atoms with van der Waals surface area (Å²) in [7, 11) is 0. The van der Waals surface area contributed by atoms with E-state index in [1.807, 2.05) is 0 Å². The number of hydrogen-bond acceptors (Lipinski definition) is 6. The van der Waals surface area contributed by atoms with Crippen LogP contribution >= 0.6 is 0 Å². The Hall–Kier alpha value is -1.40. The van der Waals surface area contributed by atoms with Crippen LogP contribution in [-0.2, 0) is 28.5 Å². The molecule has 0 aromatic rings. The average Bonchev–Trinajstić information content (AvgIpc) is 3.15. The summed E-state index contributed by atoms with van der Waals surface area (Å²) >= 11 is 0. The molecule has 0 saturated carbocycles. The predicted molar refractivity (Wildman–Crippen MR) is 50.5 cm³/mol. The van der Waals surface area contributed by atoms with Crippen LogP contribution in [0.4, 0.5) is 0 Å². The molecule has 2 unspecified atom stereocenters. The van der Waals surface area contributed by atoms with Crippen molar-refractivity contribution in [3.05, 3.63) is 12.2 Å². The summed E-state index contributed by atoms with van der Waals surface area (Å²) in [5, 5.41) is 0. The molecule has 0 amide bonds. The lowest BCUT2D eigenvalue weighted by Gasteiger charge is -1.98. The van der Waals surface area contributed by atoms with Gasteiger partial charge in [0.2, 0.25) is 0 Å². The molecule has 0 radical (unpaired) electrons. The van der Waals surface area contributed by atoms with Crippen molar-refractivity contribution in [2.24, 2.45) is 0 Å². The monoisotopic (exact) mass is 228 g/mol. The Morgan fingerprint density at radius 1 is 1.00 bits per heavy atom. The average molecular weight is 228 g/mol. The number of esters is 2. The zero-order valence-corrected chi connectivity index (χ0v) is 8.59. The van der Waals surface area contributed by atoms with Gasteiger partial charge in [-0.05, 0) is 0 Å². The van der Waals surface area contributed by atoms with Crippen LogP contribution in [0, 0.1) is 0 Å². The van der Waals surface area contributed by atoms with E-state index >= 15 is 0 Å². The number of carbonyl (C=O) groups excluding carboxylic acids is 2. The quantitative estimate of drug-likeness (QED) is 0.344. The normalized spacial score (nSPS) is 26.5. The van der Waals surface area contributed by atoms with Crippen molar-refractivity contribution in [2.45, 2.75) is 12.2 Å². The van der Waals surface area contributed by atoms with E-state index in [9.17, 15) is 9.59 Å². The second-order valence-corrected chi connectivity index (χ2v) is 3.50. The molecule has 2 rings (SSSR count). The Labute approximate surface area is 92.1 Å². The molecular weight excluding hydrogens is 216 g/mol. The number of hydrogen-bond donors (Lipinski definition) is 0. The maximum atomic E-state index is 11.0. The molecule has 2 heterocycles. The first kappa shape index (κ1) is 11.1. The molecule has 0 aliphatic carbocycles. The van der Waals surface area contributed by atoms with Gasteiger partial charge in [0.1, 0.15) is 25.4 Å². The lowest BCUT2D eigenvalue weighted by molar-refractivity contribution is -0.140. The highest BCUT2D eigenvalue weighted by atomic mass is 16.6. The largest absolute Gasteiger partial charge is 0.460 e. The Bertz CT molecular complexity index is 272. The number of carbonyl (C=O) groups is 2. The van der Waals surface area contributed by atoms with Gasteiger partial charge in [0.15, 0.2) is 0 Å². The third-order valence-electron chi connectivity index (χ3n) is 1.98. The van der Waals surface area contributed by atoms with Crippen molar-refractivity contribution in [1.29, 1.82) is 0 Å². The summed E-state index contributed by atoms with van der Waals surface area (Å²) in [6.07, 6.45) is 2.13. The van der Waals surface area contributed by atoms with E-state index in [4.69, 9.17) is 18.9 Å². The van der Waals surface area contributed by atoms with Gasteiger partial charge in [0, 0.05) is 12.2 Å². The molecule has 88 valence electrons. The van der Waals surface area contributed by atoms with Crippen LogP contribution in [0.25, 0.3) is 0 Å². The van der Waals surface area contributed by atoms with Crippen molar-refractivity contribution in [1.82, 2.24) is 0 Å². The molecule has 0 N–H and O–H groups in total. The summed E-state index contributed by atoms with van der Waals surface area (Å²) in [5.74, 6) is -1.15. The van der Waals surface area contributed by atoms with Gasteiger partial charge in [-0.1, -0.05) is 0 Å². The van der Waals surface area contributed by atoms with E-state index in [0.717, 1.165) is 12.2 Å². The molecule has 2 atom stereocenters. The second-order valence-electron chi connectivity index (χ2n) is 3.50. The first-order chi connectivity index (χ1) is 7.74. The Morgan fingerprint density at radius 2 is 1.38 bits per heavy atom. The van der Waals surface area contributed by atoms with Crippen molar-refractivity contribution in [2.75, 3.05) is 26.4 Å². The molecule has 6 heteroatoms. The molecule has 6 nitrogen and oxygen atoms in total. The van der Waals surface area contributed by atoms with E-state index in [1.165, 1.54) is 0 Å². The van der Waals surface area contributed by atoms with E-state index in [1.54, 1.807) is 0 Å². The first-order valence-electron chi connectivity index (χ1n) is 4.99.